The maximum Gasteiger partial charge on any atom is 0.252 e. The van der Waals surface area contributed by atoms with Crippen molar-refractivity contribution < 1.29 is 9.18 Å². The minimum Gasteiger partial charge on any atom is -0.331 e. The maximum absolute atomic E-state index is 13.8. The molecule has 1 amide bonds. The molecule has 28 heavy (non-hydrogen) atoms. The molecular formula is C18H15Cl3FN5O. The predicted octanol–water partition coefficient (Wildman–Crippen LogP) is 4.10. The summed E-state index contributed by atoms with van der Waals surface area (Å²) in [4.78, 5) is 16.0. The number of halogens is 4. The lowest BCUT2D eigenvalue weighted by molar-refractivity contribution is 0.0934. The number of nitrogens with one attached hydrogen (secondary N) is 3. The first-order valence-electron chi connectivity index (χ1n) is 7.90. The van der Waals surface area contributed by atoms with Gasteiger partial charge in [-0.3, -0.25) is 4.79 Å². The summed E-state index contributed by atoms with van der Waals surface area (Å²) in [5, 5.41) is 16.6. The van der Waals surface area contributed by atoms with Crippen molar-refractivity contribution in [1.82, 2.24) is 10.6 Å². The highest BCUT2D eigenvalue weighted by Crippen LogP contribution is 2.29. The first-order chi connectivity index (χ1) is 13.2. The summed E-state index contributed by atoms with van der Waals surface area (Å²) in [5.74, 6) is -1.32. The lowest BCUT2D eigenvalue weighted by Gasteiger charge is -2.28. The molecule has 6 nitrogen and oxygen atoms in total. The Balaban J connectivity index is 2.20. The molecule has 3 N–H and O–H groups in total. The smallest absolute Gasteiger partial charge is 0.252 e. The van der Waals surface area contributed by atoms with Gasteiger partial charge >= 0.3 is 0 Å². The Hall–Kier alpha value is -2.53. The zero-order chi connectivity index (χ0) is 20.7. The largest absolute Gasteiger partial charge is 0.331 e. The molecule has 0 fully saturated rings. The number of hydrogen-bond donors (Lipinski definition) is 3. The molecule has 0 saturated carbocycles. The Bertz CT molecular complexity index is 907. The summed E-state index contributed by atoms with van der Waals surface area (Å²) < 4.78 is 11.8. The molecule has 0 spiro atoms. The fourth-order valence-electron chi connectivity index (χ4n) is 2.09. The maximum atomic E-state index is 13.8. The van der Waals surface area contributed by atoms with Crippen LogP contribution in [0.15, 0.2) is 53.5 Å². The Morgan fingerprint density at radius 3 is 2.36 bits per heavy atom. The van der Waals surface area contributed by atoms with Gasteiger partial charge < -0.3 is 16.0 Å². The summed E-state index contributed by atoms with van der Waals surface area (Å²) in [7, 11) is 0. The molecule has 1 atom stereocenters. The van der Waals surface area contributed by atoms with Crippen molar-refractivity contribution in [2.45, 2.75) is 16.9 Å². The van der Waals surface area contributed by atoms with Gasteiger partial charge in [0.1, 0.15) is 12.0 Å². The number of aryl methyl sites for hydroxylation is 1. The minimum absolute atomic E-state index is 0.0388. The van der Waals surface area contributed by atoms with Gasteiger partial charge in [-0.2, -0.15) is 5.26 Å². The highest BCUT2D eigenvalue weighted by atomic mass is 35.6. The molecule has 0 aromatic heterocycles. The van der Waals surface area contributed by atoms with Crippen LogP contribution >= 0.6 is 34.8 Å². The Morgan fingerprint density at radius 1 is 1.14 bits per heavy atom. The number of alkyl halides is 3. The fourth-order valence-corrected chi connectivity index (χ4v) is 2.42. The topological polar surface area (TPSA) is 89.3 Å². The molecule has 1 unspecified atom stereocenters. The number of nitriles is 1. The molecule has 146 valence electrons. The van der Waals surface area contributed by atoms with E-state index in [1.165, 1.54) is 18.2 Å². The molecular weight excluding hydrogens is 428 g/mol. The van der Waals surface area contributed by atoms with Crippen LogP contribution in [-0.4, -0.2) is 21.8 Å². The highest BCUT2D eigenvalue weighted by molar-refractivity contribution is 6.68. The van der Waals surface area contributed by atoms with Crippen LogP contribution in [0.3, 0.4) is 0 Å². The van der Waals surface area contributed by atoms with Gasteiger partial charge in [0.15, 0.2) is 0 Å². The van der Waals surface area contributed by atoms with Gasteiger partial charge in [0, 0.05) is 5.56 Å². The Labute approximate surface area is 176 Å². The van der Waals surface area contributed by atoms with Crippen LogP contribution in [0.4, 0.5) is 10.1 Å². The number of nitrogens with zero attached hydrogens (tertiary/aromatic N) is 2. The molecule has 0 bridgehead atoms. The van der Waals surface area contributed by atoms with Crippen LogP contribution in [0.25, 0.3) is 0 Å². The molecule has 0 aliphatic rings. The summed E-state index contributed by atoms with van der Waals surface area (Å²) >= 11 is 17.8. The highest BCUT2D eigenvalue weighted by Gasteiger charge is 2.35. The Kier molecular flexibility index (Phi) is 7.46. The first-order valence-corrected chi connectivity index (χ1v) is 9.03. The quantitative estimate of drug-likeness (QED) is 0.219. The van der Waals surface area contributed by atoms with E-state index in [0.29, 0.717) is 5.56 Å². The average Bonchev–Trinajstić information content (AvgIpc) is 2.63. The molecule has 2 aromatic rings. The fraction of sp³-hybridized carbons (Fsp3) is 0.167. The molecule has 2 rings (SSSR count). The summed E-state index contributed by atoms with van der Waals surface area (Å²) in [6.45, 7) is 1.88. The number of carbonyl (C=O) groups excluding carboxylic acids is 1. The molecule has 0 heterocycles. The summed E-state index contributed by atoms with van der Waals surface area (Å²) in [6.07, 6.45) is 0.274. The van der Waals surface area contributed by atoms with Crippen LogP contribution < -0.4 is 16.0 Å². The number of hydrogen-bond acceptors (Lipinski definition) is 3. The van der Waals surface area contributed by atoms with Gasteiger partial charge in [0.05, 0.1) is 5.69 Å². The zero-order valence-corrected chi connectivity index (χ0v) is 16.8. The van der Waals surface area contributed by atoms with Crippen LogP contribution in [0.2, 0.25) is 0 Å². The van der Waals surface area contributed by atoms with Gasteiger partial charge in [0.25, 0.3) is 5.91 Å². The van der Waals surface area contributed by atoms with Crippen molar-refractivity contribution in [3.8, 4) is 6.19 Å². The van der Waals surface area contributed by atoms with Crippen molar-refractivity contribution in [3.63, 3.8) is 0 Å². The van der Waals surface area contributed by atoms with Gasteiger partial charge in [-0.15, -0.1) is 4.99 Å². The van der Waals surface area contributed by atoms with Gasteiger partial charge in [0.2, 0.25) is 15.9 Å². The number of anilines is 1. The van der Waals surface area contributed by atoms with E-state index >= 15 is 0 Å². The van der Waals surface area contributed by atoms with E-state index in [4.69, 9.17) is 40.1 Å². The average molecular weight is 443 g/mol. The number of rotatable bonds is 4. The SMILES string of the molecule is Cc1ccc(C(=O)NC(N/C(=N/C#N)Nc2ccccc2F)C(Cl)(Cl)Cl)cc1. The van der Waals surface area contributed by atoms with Crippen molar-refractivity contribution in [2.75, 3.05) is 5.32 Å². The number of amides is 1. The number of guanidine groups is 1. The second-order valence-corrected chi connectivity index (χ2v) is 7.99. The Morgan fingerprint density at radius 2 is 1.79 bits per heavy atom. The van der Waals surface area contributed by atoms with E-state index in [1.54, 1.807) is 36.5 Å². The summed E-state index contributed by atoms with van der Waals surface area (Å²) in [5.41, 5.74) is 1.36. The third-order valence-corrected chi connectivity index (χ3v) is 4.14. The van der Waals surface area contributed by atoms with E-state index in [0.717, 1.165) is 5.56 Å². The molecule has 2 aromatic carbocycles. The second-order valence-electron chi connectivity index (χ2n) is 5.62. The van der Waals surface area contributed by atoms with E-state index in [-0.39, 0.29) is 11.6 Å². The lowest BCUT2D eigenvalue weighted by Crippen LogP contribution is -2.56. The van der Waals surface area contributed by atoms with Crippen LogP contribution in [0.5, 0.6) is 0 Å². The minimum atomic E-state index is -2.01. The number of para-hydroxylation sites is 1. The normalized spacial score (nSPS) is 12.6. The van der Waals surface area contributed by atoms with Crippen molar-refractivity contribution >= 4 is 52.4 Å². The third kappa shape index (κ3) is 6.27. The lowest BCUT2D eigenvalue weighted by atomic mass is 10.1. The number of aliphatic imine (C=N–C) groups is 1. The predicted molar refractivity (Wildman–Crippen MR) is 109 cm³/mol. The molecule has 0 saturated heterocycles. The van der Waals surface area contributed by atoms with Gasteiger partial charge in [-0.05, 0) is 31.2 Å². The monoisotopic (exact) mass is 441 g/mol. The van der Waals surface area contributed by atoms with Crippen LogP contribution in [0.1, 0.15) is 15.9 Å². The van der Waals surface area contributed by atoms with Crippen molar-refractivity contribution in [1.29, 1.82) is 5.26 Å². The number of benzene rings is 2. The van der Waals surface area contributed by atoms with Crippen molar-refractivity contribution in [2.24, 2.45) is 4.99 Å². The number of carbonyl (C=O) groups is 1. The van der Waals surface area contributed by atoms with Crippen LogP contribution in [-0.2, 0) is 0 Å². The summed E-state index contributed by atoms with van der Waals surface area (Å²) in [6, 6.07) is 12.5. The molecule has 0 aliphatic heterocycles. The van der Waals surface area contributed by atoms with Crippen LogP contribution in [0, 0.1) is 24.2 Å². The van der Waals surface area contributed by atoms with E-state index < -0.39 is 21.7 Å². The van der Waals surface area contributed by atoms with Gasteiger partial charge in [-0.25, -0.2) is 4.39 Å². The molecule has 10 heteroatoms. The third-order valence-electron chi connectivity index (χ3n) is 3.49. The second kappa shape index (κ2) is 9.60. The first kappa shape index (κ1) is 21.8. The molecule has 0 aliphatic carbocycles. The van der Waals surface area contributed by atoms with E-state index in [2.05, 4.69) is 20.9 Å². The standard InChI is InChI=1S/C18H15Cl3FN5O/c1-11-6-8-12(9-7-11)15(28)26-16(18(19,20)21)27-17(24-10-23)25-14-5-3-2-4-13(14)22/h2-9,16H,1H3,(H,26,28)(H2,24,25,27). The molecule has 0 radical (unpaired) electrons. The van der Waals surface area contributed by atoms with E-state index in [9.17, 15) is 9.18 Å². The van der Waals surface area contributed by atoms with E-state index in [1.807, 2.05) is 6.92 Å². The van der Waals surface area contributed by atoms with Gasteiger partial charge in [-0.1, -0.05) is 64.6 Å². The van der Waals surface area contributed by atoms with Crippen molar-refractivity contribution in [3.05, 3.63) is 65.5 Å². The zero-order valence-electron chi connectivity index (χ0n) is 14.5.